The van der Waals surface area contributed by atoms with Crippen LogP contribution in [-0.2, 0) is 22.5 Å². The molecule has 1 aromatic heterocycles. The van der Waals surface area contributed by atoms with Gasteiger partial charge in [-0.1, -0.05) is 30.3 Å². The summed E-state index contributed by atoms with van der Waals surface area (Å²) in [6.07, 6.45) is 3.05. The molecule has 6 heteroatoms. The van der Waals surface area contributed by atoms with Crippen molar-refractivity contribution >= 4 is 16.9 Å². The number of imidazole rings is 1. The van der Waals surface area contributed by atoms with Crippen LogP contribution < -0.4 is 10.1 Å². The van der Waals surface area contributed by atoms with Crippen molar-refractivity contribution in [1.82, 2.24) is 14.9 Å². The fraction of sp³-hybridized carbons (Fsp3) is 0.391. The maximum atomic E-state index is 12.2. The van der Waals surface area contributed by atoms with Crippen molar-refractivity contribution in [2.24, 2.45) is 0 Å². The summed E-state index contributed by atoms with van der Waals surface area (Å²) in [4.78, 5) is 16.9. The van der Waals surface area contributed by atoms with Crippen molar-refractivity contribution < 1.29 is 14.3 Å². The highest BCUT2D eigenvalue weighted by atomic mass is 16.5. The summed E-state index contributed by atoms with van der Waals surface area (Å²) >= 11 is 0. The second-order valence-electron chi connectivity index (χ2n) is 7.23. The van der Waals surface area contributed by atoms with Crippen LogP contribution in [0.5, 0.6) is 5.75 Å². The average Bonchev–Trinajstić information content (AvgIpc) is 3.40. The molecule has 6 nitrogen and oxygen atoms in total. The average molecular weight is 393 g/mol. The van der Waals surface area contributed by atoms with Gasteiger partial charge >= 0.3 is 0 Å². The topological polar surface area (TPSA) is 65.4 Å². The van der Waals surface area contributed by atoms with Crippen molar-refractivity contribution in [1.29, 1.82) is 0 Å². The van der Waals surface area contributed by atoms with E-state index in [9.17, 15) is 4.79 Å². The van der Waals surface area contributed by atoms with Gasteiger partial charge in [0.25, 0.3) is 0 Å². The molecular formula is C23H27N3O3. The molecule has 0 spiro atoms. The lowest BCUT2D eigenvalue weighted by molar-refractivity contribution is -0.130. The Labute approximate surface area is 170 Å². The van der Waals surface area contributed by atoms with Gasteiger partial charge in [-0.05, 0) is 43.5 Å². The van der Waals surface area contributed by atoms with Gasteiger partial charge in [-0.25, -0.2) is 4.98 Å². The van der Waals surface area contributed by atoms with E-state index in [4.69, 9.17) is 14.5 Å². The number of amides is 1. The highest BCUT2D eigenvalue weighted by Gasteiger charge is 2.23. The zero-order valence-corrected chi connectivity index (χ0v) is 16.5. The Hall–Kier alpha value is -2.86. The molecule has 1 atom stereocenters. The lowest BCUT2D eigenvalue weighted by Crippen LogP contribution is -2.35. The van der Waals surface area contributed by atoms with Gasteiger partial charge in [-0.15, -0.1) is 0 Å². The van der Waals surface area contributed by atoms with Crippen molar-refractivity contribution in [2.75, 3.05) is 19.8 Å². The van der Waals surface area contributed by atoms with Gasteiger partial charge in [-0.3, -0.25) is 4.79 Å². The summed E-state index contributed by atoms with van der Waals surface area (Å²) in [5, 5.41) is 2.99. The lowest BCUT2D eigenvalue weighted by atomic mass is 10.2. The molecule has 0 radical (unpaired) electrons. The standard InChI is InChI=1S/C23H27N3O3/c27-23(21-12-6-16-29-21)24-14-13-22-25-19-10-4-5-11-20(19)26(22)15-7-17-28-18-8-2-1-3-9-18/h1-5,8-11,21H,6-7,12-17H2,(H,24,27). The first-order chi connectivity index (χ1) is 14.3. The Morgan fingerprint density at radius 2 is 2.00 bits per heavy atom. The Balaban J connectivity index is 1.35. The number of fused-ring (bicyclic) bond motifs is 1. The third kappa shape index (κ3) is 4.95. The molecule has 2 heterocycles. The summed E-state index contributed by atoms with van der Waals surface area (Å²) in [7, 11) is 0. The molecule has 152 valence electrons. The van der Waals surface area contributed by atoms with Gasteiger partial charge < -0.3 is 19.4 Å². The highest BCUT2D eigenvalue weighted by Crippen LogP contribution is 2.18. The second-order valence-corrected chi connectivity index (χ2v) is 7.23. The molecule has 2 aromatic carbocycles. The van der Waals surface area contributed by atoms with E-state index in [0.29, 0.717) is 26.2 Å². The predicted octanol–water partition coefficient (Wildman–Crippen LogP) is 3.34. The van der Waals surface area contributed by atoms with Crippen molar-refractivity contribution in [3.63, 3.8) is 0 Å². The van der Waals surface area contributed by atoms with E-state index < -0.39 is 0 Å². The maximum Gasteiger partial charge on any atom is 0.249 e. The third-order valence-electron chi connectivity index (χ3n) is 5.14. The number of hydrogen-bond acceptors (Lipinski definition) is 4. The number of hydrogen-bond donors (Lipinski definition) is 1. The van der Waals surface area contributed by atoms with Crippen LogP contribution in [0.3, 0.4) is 0 Å². The van der Waals surface area contributed by atoms with Crippen LogP contribution in [0.1, 0.15) is 25.1 Å². The minimum absolute atomic E-state index is 0.0126. The van der Waals surface area contributed by atoms with Crippen LogP contribution in [0.25, 0.3) is 11.0 Å². The molecule has 1 aliphatic heterocycles. The van der Waals surface area contributed by atoms with E-state index in [2.05, 4.69) is 16.0 Å². The normalized spacial score (nSPS) is 16.2. The summed E-state index contributed by atoms with van der Waals surface area (Å²) in [5.41, 5.74) is 2.10. The van der Waals surface area contributed by atoms with Gasteiger partial charge in [0.05, 0.1) is 17.6 Å². The van der Waals surface area contributed by atoms with E-state index >= 15 is 0 Å². The Kier molecular flexibility index (Phi) is 6.42. The first kappa shape index (κ1) is 19.5. The van der Waals surface area contributed by atoms with E-state index in [0.717, 1.165) is 48.4 Å². The summed E-state index contributed by atoms with van der Waals surface area (Å²) in [6, 6.07) is 18.0. The number of nitrogens with zero attached hydrogens (tertiary/aromatic N) is 2. The molecule has 1 unspecified atom stereocenters. The zero-order chi connectivity index (χ0) is 19.9. The molecule has 1 N–H and O–H groups in total. The predicted molar refractivity (Wildman–Crippen MR) is 112 cm³/mol. The number of benzene rings is 2. The van der Waals surface area contributed by atoms with Crippen LogP contribution >= 0.6 is 0 Å². The van der Waals surface area contributed by atoms with E-state index in [1.165, 1.54) is 0 Å². The van der Waals surface area contributed by atoms with Crippen LogP contribution in [0.2, 0.25) is 0 Å². The van der Waals surface area contributed by atoms with Gasteiger partial charge in [0.15, 0.2) is 0 Å². The summed E-state index contributed by atoms with van der Waals surface area (Å²) < 4.78 is 13.5. The highest BCUT2D eigenvalue weighted by molar-refractivity contribution is 5.81. The lowest BCUT2D eigenvalue weighted by Gasteiger charge is -2.12. The molecular weight excluding hydrogens is 366 g/mol. The molecule has 0 bridgehead atoms. The fourth-order valence-electron chi connectivity index (χ4n) is 3.69. The molecule has 4 rings (SSSR count). The molecule has 0 aliphatic carbocycles. The molecule has 1 saturated heterocycles. The number of aryl methyl sites for hydroxylation is 1. The van der Waals surface area contributed by atoms with Crippen molar-refractivity contribution in [3.8, 4) is 5.75 Å². The zero-order valence-electron chi connectivity index (χ0n) is 16.5. The van der Waals surface area contributed by atoms with Crippen LogP contribution in [0.15, 0.2) is 54.6 Å². The van der Waals surface area contributed by atoms with Crippen molar-refractivity contribution in [2.45, 2.75) is 38.3 Å². The fourth-order valence-corrected chi connectivity index (χ4v) is 3.69. The molecule has 3 aromatic rings. The smallest absolute Gasteiger partial charge is 0.249 e. The first-order valence-corrected chi connectivity index (χ1v) is 10.3. The number of para-hydroxylation sites is 3. The molecule has 1 amide bonds. The third-order valence-corrected chi connectivity index (χ3v) is 5.14. The molecule has 29 heavy (non-hydrogen) atoms. The Bertz CT molecular complexity index is 933. The Morgan fingerprint density at radius 1 is 1.17 bits per heavy atom. The molecule has 0 saturated carbocycles. The summed E-state index contributed by atoms with van der Waals surface area (Å²) in [5.74, 6) is 1.86. The number of carbonyl (C=O) groups excluding carboxylic acids is 1. The van der Waals surface area contributed by atoms with E-state index in [1.807, 2.05) is 48.5 Å². The van der Waals surface area contributed by atoms with Crippen LogP contribution in [0, 0.1) is 0 Å². The first-order valence-electron chi connectivity index (χ1n) is 10.3. The van der Waals surface area contributed by atoms with Crippen molar-refractivity contribution in [3.05, 3.63) is 60.4 Å². The summed E-state index contributed by atoms with van der Waals surface area (Å²) in [6.45, 7) is 2.70. The van der Waals surface area contributed by atoms with Crippen LogP contribution in [0.4, 0.5) is 0 Å². The van der Waals surface area contributed by atoms with Crippen LogP contribution in [-0.4, -0.2) is 41.3 Å². The van der Waals surface area contributed by atoms with Gasteiger partial charge in [-0.2, -0.15) is 0 Å². The largest absolute Gasteiger partial charge is 0.494 e. The van der Waals surface area contributed by atoms with Gasteiger partial charge in [0.2, 0.25) is 5.91 Å². The van der Waals surface area contributed by atoms with E-state index in [1.54, 1.807) is 0 Å². The minimum Gasteiger partial charge on any atom is -0.494 e. The monoisotopic (exact) mass is 393 g/mol. The van der Waals surface area contributed by atoms with E-state index in [-0.39, 0.29) is 12.0 Å². The SMILES string of the molecule is O=C(NCCc1nc2ccccc2n1CCCOc1ccccc1)C1CCCO1. The quantitative estimate of drug-likeness (QED) is 0.566. The molecule has 1 fully saturated rings. The second kappa shape index (κ2) is 9.56. The minimum atomic E-state index is -0.288. The number of nitrogens with one attached hydrogen (secondary N) is 1. The number of aromatic nitrogens is 2. The number of carbonyl (C=O) groups is 1. The molecule has 1 aliphatic rings. The number of ether oxygens (including phenoxy) is 2. The van der Waals surface area contributed by atoms with Gasteiger partial charge in [0.1, 0.15) is 17.7 Å². The Morgan fingerprint density at radius 3 is 2.83 bits per heavy atom. The maximum absolute atomic E-state index is 12.2. The number of rotatable bonds is 9. The van der Waals surface area contributed by atoms with Gasteiger partial charge in [0, 0.05) is 26.1 Å².